The van der Waals surface area contributed by atoms with Gasteiger partial charge in [-0.3, -0.25) is 0 Å². The van der Waals surface area contributed by atoms with E-state index in [9.17, 15) is 5.11 Å². The first-order chi connectivity index (χ1) is 20.3. The maximum Gasteiger partial charge on any atom is 0.159 e. The predicted molar refractivity (Wildman–Crippen MR) is 159 cm³/mol. The van der Waals surface area contributed by atoms with Gasteiger partial charge in [0.25, 0.3) is 0 Å². The molecular formula is C35H34N2O4. The monoisotopic (exact) mass is 546 g/mol. The van der Waals surface area contributed by atoms with Crippen molar-refractivity contribution in [2.45, 2.75) is 38.1 Å². The van der Waals surface area contributed by atoms with E-state index in [0.29, 0.717) is 31.2 Å². The number of aromatic nitrogens is 2. The van der Waals surface area contributed by atoms with E-state index in [1.807, 2.05) is 121 Å². The van der Waals surface area contributed by atoms with Crippen LogP contribution in [0.3, 0.4) is 0 Å². The van der Waals surface area contributed by atoms with E-state index in [1.54, 1.807) is 12.4 Å². The van der Waals surface area contributed by atoms with Crippen LogP contribution < -0.4 is 0 Å². The number of ether oxygens (including phenoxy) is 3. The van der Waals surface area contributed by atoms with Crippen molar-refractivity contribution in [3.05, 3.63) is 156 Å². The van der Waals surface area contributed by atoms with E-state index in [2.05, 4.69) is 9.97 Å². The average Bonchev–Trinajstić information content (AvgIpc) is 3.04. The first-order valence-corrected chi connectivity index (χ1v) is 13.7. The fourth-order valence-corrected chi connectivity index (χ4v) is 4.50. The molecule has 0 aliphatic rings. The van der Waals surface area contributed by atoms with E-state index in [4.69, 9.17) is 14.2 Å². The number of rotatable bonds is 14. The van der Waals surface area contributed by atoms with Gasteiger partial charge in [-0.15, -0.1) is 0 Å². The molecular weight excluding hydrogens is 512 g/mol. The van der Waals surface area contributed by atoms with Crippen LogP contribution >= 0.6 is 0 Å². The Labute approximate surface area is 241 Å². The van der Waals surface area contributed by atoms with E-state index in [0.717, 1.165) is 22.3 Å². The van der Waals surface area contributed by atoms with Crippen molar-refractivity contribution in [1.29, 1.82) is 0 Å². The molecule has 0 radical (unpaired) electrons. The third-order valence-electron chi connectivity index (χ3n) is 6.67. The van der Waals surface area contributed by atoms with Crippen molar-refractivity contribution < 1.29 is 19.3 Å². The van der Waals surface area contributed by atoms with E-state index < -0.39 is 18.3 Å². The van der Waals surface area contributed by atoms with E-state index in [-0.39, 0.29) is 6.61 Å². The van der Waals surface area contributed by atoms with Crippen LogP contribution in [0.25, 0.3) is 11.4 Å². The first kappa shape index (κ1) is 28.3. The van der Waals surface area contributed by atoms with Crippen LogP contribution in [0.5, 0.6) is 0 Å². The number of hydrogen-bond acceptors (Lipinski definition) is 6. The molecule has 0 aliphatic carbocycles. The van der Waals surface area contributed by atoms with Crippen LogP contribution in [-0.2, 0) is 34.0 Å². The Morgan fingerprint density at radius 2 is 1.02 bits per heavy atom. The topological polar surface area (TPSA) is 73.7 Å². The molecule has 6 nitrogen and oxygen atoms in total. The summed E-state index contributed by atoms with van der Waals surface area (Å²) in [6, 6.07) is 39.5. The van der Waals surface area contributed by atoms with Crippen molar-refractivity contribution in [1.82, 2.24) is 9.97 Å². The summed E-state index contributed by atoms with van der Waals surface area (Å²) < 4.78 is 18.8. The number of nitrogens with zero attached hydrogens (tertiary/aromatic N) is 2. The molecule has 4 aromatic carbocycles. The Morgan fingerprint density at radius 3 is 1.56 bits per heavy atom. The minimum Gasteiger partial charge on any atom is -0.388 e. The molecule has 1 aromatic heterocycles. The van der Waals surface area contributed by atoms with Gasteiger partial charge in [-0.1, -0.05) is 121 Å². The first-order valence-electron chi connectivity index (χ1n) is 13.7. The smallest absolute Gasteiger partial charge is 0.159 e. The third-order valence-corrected chi connectivity index (χ3v) is 6.67. The standard InChI is InChI=1S/C35H34N2O4/c38-32(26-39-23-27-13-5-1-6-14-27)34(41-25-29-17-9-3-10-18-29)33(40-24-28-15-7-2-8-16-28)31-21-36-35(37-22-31)30-19-11-4-12-20-30/h1-22,32-34,38H,23-26H2/t32-,33-,34+/m1/s1. The average molecular weight is 547 g/mol. The van der Waals surface area contributed by atoms with Gasteiger partial charge < -0.3 is 19.3 Å². The van der Waals surface area contributed by atoms with Crippen molar-refractivity contribution in [2.75, 3.05) is 6.61 Å². The van der Waals surface area contributed by atoms with Crippen LogP contribution in [0.1, 0.15) is 28.4 Å². The van der Waals surface area contributed by atoms with Gasteiger partial charge >= 0.3 is 0 Å². The molecule has 41 heavy (non-hydrogen) atoms. The second-order valence-corrected chi connectivity index (χ2v) is 9.75. The number of aliphatic hydroxyl groups is 1. The lowest BCUT2D eigenvalue weighted by Crippen LogP contribution is -2.39. The highest BCUT2D eigenvalue weighted by molar-refractivity contribution is 5.54. The maximum absolute atomic E-state index is 11.5. The van der Waals surface area contributed by atoms with Crippen LogP contribution in [0.15, 0.2) is 134 Å². The minimum atomic E-state index is -0.975. The van der Waals surface area contributed by atoms with Crippen molar-refractivity contribution in [3.8, 4) is 11.4 Å². The van der Waals surface area contributed by atoms with Gasteiger partial charge in [0.2, 0.25) is 0 Å². The molecule has 6 heteroatoms. The second-order valence-electron chi connectivity index (χ2n) is 9.75. The summed E-state index contributed by atoms with van der Waals surface area (Å²) in [6.07, 6.45) is 1.12. The Kier molecular flexibility index (Phi) is 10.4. The van der Waals surface area contributed by atoms with Gasteiger partial charge in [0, 0.05) is 23.5 Å². The van der Waals surface area contributed by atoms with Crippen LogP contribution in [-0.4, -0.2) is 33.9 Å². The summed E-state index contributed by atoms with van der Waals surface area (Å²) in [5, 5.41) is 11.5. The maximum atomic E-state index is 11.5. The minimum absolute atomic E-state index is 0.0719. The quantitative estimate of drug-likeness (QED) is 0.170. The van der Waals surface area contributed by atoms with E-state index in [1.165, 1.54) is 0 Å². The molecule has 0 saturated carbocycles. The summed E-state index contributed by atoms with van der Waals surface area (Å²) in [4.78, 5) is 9.25. The zero-order valence-corrected chi connectivity index (χ0v) is 22.8. The summed E-state index contributed by atoms with van der Waals surface area (Å²) in [6.45, 7) is 1.08. The molecule has 1 N–H and O–H groups in total. The van der Waals surface area contributed by atoms with Gasteiger partial charge in [-0.2, -0.15) is 0 Å². The molecule has 0 amide bonds. The Balaban J connectivity index is 1.39. The van der Waals surface area contributed by atoms with Gasteiger partial charge in [0.15, 0.2) is 5.82 Å². The Hall–Kier alpha value is -4.20. The molecule has 208 valence electrons. The summed E-state index contributed by atoms with van der Waals surface area (Å²) in [5.74, 6) is 0.615. The summed E-state index contributed by atoms with van der Waals surface area (Å²) in [7, 11) is 0. The van der Waals surface area contributed by atoms with Gasteiger partial charge in [-0.05, 0) is 16.7 Å². The fourth-order valence-electron chi connectivity index (χ4n) is 4.50. The van der Waals surface area contributed by atoms with Crippen molar-refractivity contribution in [2.24, 2.45) is 0 Å². The van der Waals surface area contributed by atoms with Gasteiger partial charge in [-0.25, -0.2) is 9.97 Å². The Bertz CT molecular complexity index is 1420. The van der Waals surface area contributed by atoms with Crippen LogP contribution in [0.4, 0.5) is 0 Å². The zero-order valence-electron chi connectivity index (χ0n) is 22.8. The van der Waals surface area contributed by atoms with Crippen LogP contribution in [0.2, 0.25) is 0 Å². The third kappa shape index (κ3) is 8.39. The fraction of sp³-hybridized carbons (Fsp3) is 0.200. The summed E-state index contributed by atoms with van der Waals surface area (Å²) >= 11 is 0. The summed E-state index contributed by atoms with van der Waals surface area (Å²) in [5.41, 5.74) is 4.67. The lowest BCUT2D eigenvalue weighted by atomic mass is 10.0. The lowest BCUT2D eigenvalue weighted by molar-refractivity contribution is -0.150. The molecule has 0 bridgehead atoms. The molecule has 5 rings (SSSR count). The highest BCUT2D eigenvalue weighted by Gasteiger charge is 2.33. The molecule has 3 atom stereocenters. The highest BCUT2D eigenvalue weighted by atomic mass is 16.6. The molecule has 0 aliphatic heterocycles. The number of aliphatic hydroxyl groups excluding tert-OH is 1. The zero-order chi connectivity index (χ0) is 28.1. The normalized spacial score (nSPS) is 13.4. The molecule has 0 fully saturated rings. The lowest BCUT2D eigenvalue weighted by Gasteiger charge is -2.31. The second kappa shape index (κ2) is 15.0. The molecule has 0 unspecified atom stereocenters. The van der Waals surface area contributed by atoms with Crippen molar-refractivity contribution >= 4 is 0 Å². The molecule has 0 saturated heterocycles. The van der Waals surface area contributed by atoms with E-state index >= 15 is 0 Å². The highest BCUT2D eigenvalue weighted by Crippen LogP contribution is 2.29. The molecule has 5 aromatic rings. The van der Waals surface area contributed by atoms with Gasteiger partial charge in [0.1, 0.15) is 18.3 Å². The molecule has 0 spiro atoms. The number of hydrogen-bond donors (Lipinski definition) is 1. The van der Waals surface area contributed by atoms with Crippen LogP contribution in [0, 0.1) is 0 Å². The van der Waals surface area contributed by atoms with Gasteiger partial charge in [0.05, 0.1) is 26.4 Å². The van der Waals surface area contributed by atoms with Crippen molar-refractivity contribution in [3.63, 3.8) is 0 Å². The number of benzene rings is 4. The predicted octanol–water partition coefficient (Wildman–Crippen LogP) is 6.56. The Morgan fingerprint density at radius 1 is 0.561 bits per heavy atom. The molecule has 1 heterocycles. The SMILES string of the molecule is O[C@H](COCc1ccccc1)[C@H](OCc1ccccc1)[C@H](OCc1ccccc1)c1cnc(-c2ccccc2)nc1. The largest absolute Gasteiger partial charge is 0.388 e.